The second-order valence-electron chi connectivity index (χ2n) is 11.2. The number of benzene rings is 2. The van der Waals surface area contributed by atoms with Crippen molar-refractivity contribution in [3.8, 4) is 29.4 Å². The number of phenols is 1. The highest BCUT2D eigenvalue weighted by Gasteiger charge is 2.82. The van der Waals surface area contributed by atoms with Crippen molar-refractivity contribution in [3.05, 3.63) is 64.2 Å². The van der Waals surface area contributed by atoms with E-state index in [0.29, 0.717) is 6.42 Å². The van der Waals surface area contributed by atoms with Crippen LogP contribution in [0.4, 0.5) is 16.2 Å². The van der Waals surface area contributed by atoms with Crippen molar-refractivity contribution in [2.75, 3.05) is 17.2 Å². The summed E-state index contributed by atoms with van der Waals surface area (Å²) in [5.74, 6) is 8.81. The van der Waals surface area contributed by atoms with Gasteiger partial charge in [0.2, 0.25) is 5.91 Å². The molecule has 4 aliphatic rings. The third-order valence-electron chi connectivity index (χ3n) is 8.55. The van der Waals surface area contributed by atoms with Gasteiger partial charge in [0.1, 0.15) is 11.8 Å². The van der Waals surface area contributed by atoms with E-state index in [1.165, 1.54) is 43.3 Å². The number of ether oxygens (including phenoxy) is 1. The summed E-state index contributed by atoms with van der Waals surface area (Å²) in [6.07, 6.45) is 0.930. The first kappa shape index (κ1) is 29.9. The molecule has 2 heterocycles. The topological polar surface area (TPSA) is 230 Å². The van der Waals surface area contributed by atoms with E-state index in [1.807, 2.05) is 0 Å². The third kappa shape index (κ3) is 4.44. The molecule has 0 spiro atoms. The van der Waals surface area contributed by atoms with E-state index >= 15 is 0 Å². The number of ketones is 2. The molecule has 2 aromatic rings. The number of fused-ring (bicyclic) bond motifs is 4. The number of aliphatic hydroxyl groups excluding tert-OH is 2. The van der Waals surface area contributed by atoms with Gasteiger partial charge in [-0.1, -0.05) is 23.7 Å². The zero-order chi connectivity index (χ0) is 32.3. The highest BCUT2D eigenvalue weighted by molar-refractivity contribution is 6.31. The number of primary amides is 1. The van der Waals surface area contributed by atoms with Crippen molar-refractivity contribution in [1.82, 2.24) is 5.32 Å². The quantitative estimate of drug-likeness (QED) is 0.0769. The monoisotopic (exact) mass is 611 g/mol. The Morgan fingerprint density at radius 3 is 2.53 bits per heavy atom. The number of aromatic hydroxyl groups is 1. The van der Waals surface area contributed by atoms with Crippen LogP contribution in [0.5, 0.6) is 5.75 Å². The lowest BCUT2D eigenvalue weighted by atomic mass is 9.69. The average molecular weight is 612 g/mol. The first-order valence-electron chi connectivity index (χ1n) is 14.2. The van der Waals surface area contributed by atoms with E-state index in [1.54, 1.807) is 0 Å². The Morgan fingerprint density at radius 2 is 1.82 bits per heavy atom. The third-order valence-corrected chi connectivity index (χ3v) is 8.55. The molecule has 6 unspecified atom stereocenters. The number of urea groups is 1. The lowest BCUT2D eigenvalue weighted by molar-refractivity contribution is -0.117. The predicted octanol–water partition coefficient (Wildman–Crippen LogP) is -0.0414. The second-order valence-corrected chi connectivity index (χ2v) is 11.2. The highest BCUT2D eigenvalue weighted by Crippen LogP contribution is 2.67. The second kappa shape index (κ2) is 10.8. The normalized spacial score (nSPS) is 26.0. The summed E-state index contributed by atoms with van der Waals surface area (Å²) in [4.78, 5) is 51.4. The maximum absolute atomic E-state index is 14.0. The molecule has 1 fully saturated rings. The van der Waals surface area contributed by atoms with Crippen LogP contribution < -0.4 is 27.4 Å². The molecule has 13 heteroatoms. The van der Waals surface area contributed by atoms with Gasteiger partial charge >= 0.3 is 6.03 Å². The number of hydrogen-bond acceptors (Lipinski definition) is 10. The number of phenolic OH excluding ortho intramolecular Hbond substituents is 1. The molecule has 10 N–H and O–H groups in total. The maximum atomic E-state index is 14.0. The Balaban J connectivity index is 1.37. The zero-order valence-electron chi connectivity index (χ0n) is 23.9. The van der Waals surface area contributed by atoms with Crippen LogP contribution >= 0.6 is 0 Å². The van der Waals surface area contributed by atoms with E-state index in [4.69, 9.17) is 16.2 Å². The molecule has 6 atom stereocenters. The van der Waals surface area contributed by atoms with E-state index in [-0.39, 0.29) is 52.2 Å². The minimum absolute atomic E-state index is 0.0204. The van der Waals surface area contributed by atoms with Crippen molar-refractivity contribution in [2.24, 2.45) is 11.5 Å². The largest absolute Gasteiger partial charge is 0.507 e. The summed E-state index contributed by atoms with van der Waals surface area (Å²) in [5.41, 5.74) is 7.88. The molecule has 2 bridgehead atoms. The number of aliphatic hydroxyl groups is 2. The number of rotatable bonds is 7. The van der Waals surface area contributed by atoms with Gasteiger partial charge in [-0.05, 0) is 56.2 Å². The van der Waals surface area contributed by atoms with Crippen LogP contribution in [0, 0.1) is 23.7 Å². The maximum Gasteiger partial charge on any atom is 0.312 e. The van der Waals surface area contributed by atoms with Gasteiger partial charge in [-0.25, -0.2) is 4.79 Å². The Bertz CT molecular complexity index is 1850. The SMILES string of the molecule is CC(O)C12OC13c1cc(O)c4c(c1NC2C#CC=CC#CC3O)C(=O)c1ccc(NC(=O)C(N)CCCNC(N)=O)cc1C4=O. The fourth-order valence-electron chi connectivity index (χ4n) is 6.42. The lowest BCUT2D eigenvalue weighted by Gasteiger charge is -2.37. The lowest BCUT2D eigenvalue weighted by Crippen LogP contribution is -2.54. The van der Waals surface area contributed by atoms with Crippen molar-refractivity contribution in [1.29, 1.82) is 0 Å². The summed E-state index contributed by atoms with van der Waals surface area (Å²) in [6.45, 7) is 1.73. The van der Waals surface area contributed by atoms with Gasteiger partial charge in [-0.2, -0.15) is 0 Å². The van der Waals surface area contributed by atoms with E-state index in [9.17, 15) is 34.5 Å². The Hall–Kier alpha value is -5.18. The van der Waals surface area contributed by atoms with Crippen molar-refractivity contribution < 1.29 is 39.2 Å². The zero-order valence-corrected chi connectivity index (χ0v) is 23.9. The van der Waals surface area contributed by atoms with Gasteiger partial charge in [0.15, 0.2) is 28.9 Å². The number of carbonyl (C=O) groups is 4. The molecule has 1 saturated heterocycles. The first-order valence-corrected chi connectivity index (χ1v) is 14.2. The predicted molar refractivity (Wildman–Crippen MR) is 160 cm³/mol. The van der Waals surface area contributed by atoms with Crippen LogP contribution in [0.2, 0.25) is 0 Å². The summed E-state index contributed by atoms with van der Waals surface area (Å²) < 4.78 is 6.16. The average Bonchev–Trinajstić information content (AvgIpc) is 3.73. The fraction of sp³-hybridized carbons (Fsp3) is 0.312. The van der Waals surface area contributed by atoms with E-state index in [2.05, 4.69) is 39.6 Å². The van der Waals surface area contributed by atoms with Gasteiger partial charge in [-0.15, -0.1) is 0 Å². The molecule has 45 heavy (non-hydrogen) atoms. The molecule has 2 aromatic carbocycles. The van der Waals surface area contributed by atoms with Gasteiger partial charge in [0.25, 0.3) is 0 Å². The Morgan fingerprint density at radius 1 is 1.11 bits per heavy atom. The number of nitrogens with two attached hydrogens (primary N) is 2. The minimum Gasteiger partial charge on any atom is -0.507 e. The smallest absolute Gasteiger partial charge is 0.312 e. The fourth-order valence-corrected chi connectivity index (χ4v) is 6.42. The molecule has 6 rings (SSSR count). The molecule has 2 aliphatic heterocycles. The summed E-state index contributed by atoms with van der Waals surface area (Å²) >= 11 is 0. The Kier molecular flexibility index (Phi) is 7.15. The molecular formula is C32H29N5O8. The van der Waals surface area contributed by atoms with Crippen molar-refractivity contribution >= 4 is 34.9 Å². The highest BCUT2D eigenvalue weighted by atomic mass is 16.7. The molecule has 0 saturated carbocycles. The molecule has 0 aromatic heterocycles. The molecule has 0 radical (unpaired) electrons. The Labute approximate surface area is 257 Å². The van der Waals surface area contributed by atoms with E-state index in [0.717, 1.165) is 0 Å². The number of amides is 3. The molecule has 13 nitrogen and oxygen atoms in total. The van der Waals surface area contributed by atoms with Crippen LogP contribution in [0.25, 0.3) is 0 Å². The number of allylic oxidation sites excluding steroid dienone is 2. The number of carbonyl (C=O) groups excluding carboxylic acids is 4. The minimum atomic E-state index is -1.67. The number of hydrogen-bond donors (Lipinski definition) is 8. The van der Waals surface area contributed by atoms with Gasteiger partial charge in [0, 0.05) is 28.9 Å². The van der Waals surface area contributed by atoms with Crippen LogP contribution in [-0.4, -0.2) is 75.3 Å². The van der Waals surface area contributed by atoms with Crippen molar-refractivity contribution in [3.63, 3.8) is 0 Å². The summed E-state index contributed by atoms with van der Waals surface area (Å²) in [5, 5.41) is 41.6. The number of epoxide rings is 1. The number of nitrogens with one attached hydrogen (secondary N) is 3. The van der Waals surface area contributed by atoms with Gasteiger partial charge in [-0.3, -0.25) is 14.4 Å². The number of anilines is 2. The van der Waals surface area contributed by atoms with Crippen molar-refractivity contribution in [2.45, 2.75) is 55.3 Å². The van der Waals surface area contributed by atoms with Crippen LogP contribution in [0.15, 0.2) is 36.4 Å². The van der Waals surface area contributed by atoms with E-state index < -0.39 is 64.7 Å². The molecule has 230 valence electrons. The molecule has 2 aliphatic carbocycles. The molecule has 3 amide bonds. The standard InChI is InChI=1S/C32H29N5O8/c1-15(38)31-22-8-4-2-3-5-9-23(40)32(31,45-31)19-14-21(39)24-25(26(19)37-22)27(41)17-11-10-16(13-18(17)28(24)42)36-29(43)20(33)7-6-12-35-30(34)44/h2-3,10-11,13-15,20,22-23,37-40H,6-7,12,33H2,1H3,(H,36,43)(H3,34,35,44). The van der Waals surface area contributed by atoms with Crippen LogP contribution in [-0.2, 0) is 15.1 Å². The van der Waals surface area contributed by atoms with Crippen LogP contribution in [0.3, 0.4) is 0 Å². The summed E-state index contributed by atoms with van der Waals surface area (Å²) in [6, 6.07) is 2.86. The van der Waals surface area contributed by atoms with Crippen LogP contribution in [0.1, 0.15) is 57.2 Å². The summed E-state index contributed by atoms with van der Waals surface area (Å²) in [7, 11) is 0. The van der Waals surface area contributed by atoms with Gasteiger partial charge in [0.05, 0.1) is 29.0 Å². The first-order chi connectivity index (χ1) is 21.4. The molecular weight excluding hydrogens is 582 g/mol. The van der Waals surface area contributed by atoms with Gasteiger partial charge < -0.3 is 47.5 Å².